The van der Waals surface area contributed by atoms with E-state index in [0.29, 0.717) is 10.9 Å². The van der Waals surface area contributed by atoms with Crippen LogP contribution in [0.3, 0.4) is 0 Å². The van der Waals surface area contributed by atoms with Gasteiger partial charge < -0.3 is 10.6 Å². The summed E-state index contributed by atoms with van der Waals surface area (Å²) in [5.74, 6) is -0.134. The maximum atomic E-state index is 12.7. The highest BCUT2D eigenvalue weighted by atomic mass is 32.1. The lowest BCUT2D eigenvalue weighted by Gasteiger charge is -2.23. The van der Waals surface area contributed by atoms with Crippen LogP contribution >= 0.6 is 11.3 Å². The number of carbonyl (C=O) groups excluding carboxylic acids is 1. The second kappa shape index (κ2) is 8.52. The van der Waals surface area contributed by atoms with Crippen LogP contribution in [0.2, 0.25) is 0 Å². The van der Waals surface area contributed by atoms with Gasteiger partial charge in [-0.3, -0.25) is 9.78 Å². The fourth-order valence-corrected chi connectivity index (χ4v) is 4.46. The van der Waals surface area contributed by atoms with Gasteiger partial charge in [0.2, 0.25) is 0 Å². The van der Waals surface area contributed by atoms with Crippen LogP contribution in [-0.4, -0.2) is 21.9 Å². The van der Waals surface area contributed by atoms with Crippen molar-refractivity contribution in [2.24, 2.45) is 0 Å². The van der Waals surface area contributed by atoms with Crippen molar-refractivity contribution in [3.63, 3.8) is 0 Å². The van der Waals surface area contributed by atoms with E-state index in [2.05, 4.69) is 20.6 Å². The second-order valence-electron chi connectivity index (χ2n) is 7.16. The van der Waals surface area contributed by atoms with Crippen molar-refractivity contribution in [1.29, 1.82) is 0 Å². The number of rotatable bonds is 5. The van der Waals surface area contributed by atoms with E-state index >= 15 is 0 Å². The highest BCUT2D eigenvalue weighted by molar-refractivity contribution is 7.17. The molecule has 1 aromatic carbocycles. The monoisotopic (exact) mass is 392 g/mol. The van der Waals surface area contributed by atoms with E-state index in [1.165, 1.54) is 43.4 Å². The van der Waals surface area contributed by atoms with Gasteiger partial charge in [0, 0.05) is 23.6 Å². The fraction of sp³-hybridized carbons (Fsp3) is 0.318. The van der Waals surface area contributed by atoms with Gasteiger partial charge in [0.15, 0.2) is 0 Å². The number of pyridine rings is 1. The Hall–Kier alpha value is -2.73. The summed E-state index contributed by atoms with van der Waals surface area (Å²) in [5, 5.41) is 7.33. The first-order valence-electron chi connectivity index (χ1n) is 9.76. The molecule has 0 atom stereocenters. The number of thiazole rings is 1. The Morgan fingerprint density at radius 2 is 1.79 bits per heavy atom. The molecule has 1 amide bonds. The highest BCUT2D eigenvalue weighted by Crippen LogP contribution is 2.27. The molecule has 0 unspecified atom stereocenters. The van der Waals surface area contributed by atoms with E-state index in [4.69, 9.17) is 0 Å². The van der Waals surface area contributed by atoms with Crippen molar-refractivity contribution in [2.75, 3.05) is 10.6 Å². The Balaban J connectivity index is 1.41. The number of aromatic nitrogens is 2. The van der Waals surface area contributed by atoms with Gasteiger partial charge in [0.05, 0.1) is 11.4 Å². The molecule has 5 nitrogen and oxygen atoms in total. The van der Waals surface area contributed by atoms with Gasteiger partial charge in [0.1, 0.15) is 9.88 Å². The van der Waals surface area contributed by atoms with E-state index in [0.717, 1.165) is 27.8 Å². The number of amides is 1. The molecular weight excluding hydrogens is 368 g/mol. The quantitative estimate of drug-likeness (QED) is 0.601. The fourth-order valence-electron chi connectivity index (χ4n) is 3.53. The Bertz CT molecular complexity index is 931. The Labute approximate surface area is 169 Å². The van der Waals surface area contributed by atoms with E-state index in [1.54, 1.807) is 6.20 Å². The number of aryl methyl sites for hydroxylation is 1. The van der Waals surface area contributed by atoms with Gasteiger partial charge in [-0.25, -0.2) is 4.98 Å². The molecule has 0 radical (unpaired) electrons. The molecule has 0 bridgehead atoms. The Morgan fingerprint density at radius 1 is 1.04 bits per heavy atom. The molecule has 6 heteroatoms. The topological polar surface area (TPSA) is 66.9 Å². The van der Waals surface area contributed by atoms with Gasteiger partial charge in [-0.05, 0) is 56.2 Å². The molecule has 1 aliphatic rings. The van der Waals surface area contributed by atoms with Crippen LogP contribution in [0.15, 0.2) is 48.7 Å². The number of nitrogens with zero attached hydrogens (tertiary/aromatic N) is 2. The summed E-state index contributed by atoms with van der Waals surface area (Å²) in [7, 11) is 0. The van der Waals surface area contributed by atoms with Gasteiger partial charge in [-0.2, -0.15) is 0 Å². The lowest BCUT2D eigenvalue weighted by Crippen LogP contribution is -2.22. The zero-order chi connectivity index (χ0) is 19.3. The number of carbonyl (C=O) groups is 1. The average Bonchev–Trinajstić information content (AvgIpc) is 3.13. The smallest absolute Gasteiger partial charge is 0.267 e. The molecule has 4 rings (SSSR count). The lowest BCUT2D eigenvalue weighted by molar-refractivity contribution is 0.103. The minimum absolute atomic E-state index is 0.134. The van der Waals surface area contributed by atoms with E-state index in [-0.39, 0.29) is 5.91 Å². The van der Waals surface area contributed by atoms with Crippen molar-refractivity contribution in [3.8, 4) is 10.7 Å². The number of benzene rings is 1. The summed E-state index contributed by atoms with van der Waals surface area (Å²) >= 11 is 1.37. The van der Waals surface area contributed by atoms with Crippen LogP contribution in [0, 0.1) is 6.92 Å². The molecule has 0 spiro atoms. The van der Waals surface area contributed by atoms with Crippen LogP contribution in [-0.2, 0) is 0 Å². The van der Waals surface area contributed by atoms with Crippen LogP contribution in [0.5, 0.6) is 0 Å². The number of hydrogen-bond acceptors (Lipinski definition) is 5. The normalized spacial score (nSPS) is 14.6. The summed E-state index contributed by atoms with van der Waals surface area (Å²) in [4.78, 5) is 22.1. The summed E-state index contributed by atoms with van der Waals surface area (Å²) in [6.07, 6.45) is 8.17. The molecule has 1 fully saturated rings. The van der Waals surface area contributed by atoms with Crippen molar-refractivity contribution in [2.45, 2.75) is 45.1 Å². The zero-order valence-corrected chi connectivity index (χ0v) is 16.8. The molecule has 2 N–H and O–H groups in total. The third-order valence-electron chi connectivity index (χ3n) is 5.01. The SMILES string of the molecule is Cc1nc(-c2ccccn2)sc1C(=O)Nc1ccc(NC2CCCCC2)cc1. The lowest BCUT2D eigenvalue weighted by atomic mass is 9.95. The first-order chi connectivity index (χ1) is 13.7. The first kappa shape index (κ1) is 18.6. The van der Waals surface area contributed by atoms with Gasteiger partial charge in [-0.1, -0.05) is 25.3 Å². The van der Waals surface area contributed by atoms with E-state index in [1.807, 2.05) is 49.4 Å². The maximum absolute atomic E-state index is 12.7. The molecule has 2 aromatic heterocycles. The van der Waals surface area contributed by atoms with Crippen LogP contribution in [0.4, 0.5) is 11.4 Å². The minimum atomic E-state index is -0.134. The molecule has 2 heterocycles. The number of nitrogens with one attached hydrogen (secondary N) is 2. The van der Waals surface area contributed by atoms with Crippen molar-refractivity contribution < 1.29 is 4.79 Å². The standard InChI is InChI=1S/C22H24N4OS/c1-15-20(28-22(24-15)19-9-5-6-14-23-19)21(27)26-18-12-10-17(11-13-18)25-16-7-3-2-4-8-16/h5-6,9-14,16,25H,2-4,7-8H2,1H3,(H,26,27). The third kappa shape index (κ3) is 4.39. The predicted molar refractivity (Wildman–Crippen MR) is 115 cm³/mol. The van der Waals surface area contributed by atoms with Crippen LogP contribution in [0.1, 0.15) is 47.5 Å². The molecular formula is C22H24N4OS. The maximum Gasteiger partial charge on any atom is 0.267 e. The van der Waals surface area contributed by atoms with Crippen molar-refractivity contribution >= 4 is 28.6 Å². The number of anilines is 2. The first-order valence-corrected chi connectivity index (χ1v) is 10.6. The predicted octanol–water partition coefficient (Wildman–Crippen LogP) is 5.51. The van der Waals surface area contributed by atoms with Crippen LogP contribution in [0.25, 0.3) is 10.7 Å². The Kier molecular flexibility index (Phi) is 5.67. The zero-order valence-electron chi connectivity index (χ0n) is 15.9. The second-order valence-corrected chi connectivity index (χ2v) is 8.16. The molecule has 1 aliphatic carbocycles. The van der Waals surface area contributed by atoms with Crippen molar-refractivity contribution in [3.05, 3.63) is 59.2 Å². The highest BCUT2D eigenvalue weighted by Gasteiger charge is 2.17. The minimum Gasteiger partial charge on any atom is -0.382 e. The van der Waals surface area contributed by atoms with Gasteiger partial charge in [0.25, 0.3) is 5.91 Å². The summed E-state index contributed by atoms with van der Waals surface area (Å²) in [6, 6.07) is 14.2. The summed E-state index contributed by atoms with van der Waals surface area (Å²) in [6.45, 7) is 1.86. The molecule has 1 saturated carbocycles. The molecule has 28 heavy (non-hydrogen) atoms. The number of hydrogen-bond donors (Lipinski definition) is 2. The summed E-state index contributed by atoms with van der Waals surface area (Å²) < 4.78 is 0. The van der Waals surface area contributed by atoms with Crippen LogP contribution < -0.4 is 10.6 Å². The van der Waals surface area contributed by atoms with Crippen molar-refractivity contribution in [1.82, 2.24) is 9.97 Å². The molecule has 0 aliphatic heterocycles. The van der Waals surface area contributed by atoms with E-state index < -0.39 is 0 Å². The third-order valence-corrected chi connectivity index (χ3v) is 6.18. The van der Waals surface area contributed by atoms with E-state index in [9.17, 15) is 4.79 Å². The van der Waals surface area contributed by atoms with Gasteiger partial charge in [-0.15, -0.1) is 11.3 Å². The molecule has 144 valence electrons. The van der Waals surface area contributed by atoms with Gasteiger partial charge >= 0.3 is 0 Å². The molecule has 3 aromatic rings. The largest absolute Gasteiger partial charge is 0.382 e. The average molecular weight is 393 g/mol. The molecule has 0 saturated heterocycles. The summed E-state index contributed by atoms with van der Waals surface area (Å²) in [5.41, 5.74) is 3.40. The Morgan fingerprint density at radius 3 is 2.50 bits per heavy atom.